The predicted molar refractivity (Wildman–Crippen MR) is 70.6 cm³/mol. The number of alkyl halides is 1. The summed E-state index contributed by atoms with van der Waals surface area (Å²) in [4.78, 5) is 11.8. The number of benzene rings is 1. The molecule has 0 radical (unpaired) electrons. The molecule has 0 N–H and O–H groups in total. The van der Waals surface area contributed by atoms with Crippen LogP contribution in [0.4, 0.5) is 4.79 Å². The van der Waals surface area contributed by atoms with E-state index < -0.39 is 21.2 Å². The second kappa shape index (κ2) is 6.55. The summed E-state index contributed by atoms with van der Waals surface area (Å²) in [6.45, 7) is 10.1. The molecule has 1 aromatic rings. The first-order valence-corrected chi connectivity index (χ1v) is 8.53. The molecule has 0 saturated carbocycles. The molecule has 2 atom stereocenters. The van der Waals surface area contributed by atoms with Crippen molar-refractivity contribution < 1.29 is 30.7 Å². The summed E-state index contributed by atoms with van der Waals surface area (Å²) in [6, 6.07) is 10.4. The standard InChI is InChI=1S/C15H22IO2/c1-11(13-9-7-6-8-10-13)12(2)16-14(17)18-15(3,4)5/h6-12H,1-5H3/q-1/t11-,12-/m0/s1. The van der Waals surface area contributed by atoms with E-state index in [9.17, 15) is 4.79 Å². The van der Waals surface area contributed by atoms with Crippen molar-refractivity contribution in [2.45, 2.75) is 50.1 Å². The fourth-order valence-electron chi connectivity index (χ4n) is 1.52. The topological polar surface area (TPSA) is 26.3 Å². The molecule has 0 bridgehead atoms. The van der Waals surface area contributed by atoms with Gasteiger partial charge in [0.05, 0.1) is 0 Å². The van der Waals surface area contributed by atoms with Crippen LogP contribution < -0.4 is 21.2 Å². The number of halogens is 1. The summed E-state index contributed by atoms with van der Waals surface area (Å²) in [7, 11) is 0. The first-order chi connectivity index (χ1) is 8.29. The zero-order valence-electron chi connectivity index (χ0n) is 11.7. The van der Waals surface area contributed by atoms with Crippen molar-refractivity contribution in [2.24, 2.45) is 0 Å². The van der Waals surface area contributed by atoms with Gasteiger partial charge in [-0.3, -0.25) is 0 Å². The number of carbonyl (C=O) groups is 1. The molecule has 1 aromatic carbocycles. The SMILES string of the molecule is C[C@H]([I-]C(=O)OC(C)(C)C)[C@H](C)c1ccccc1. The van der Waals surface area contributed by atoms with Crippen LogP contribution in [0.25, 0.3) is 0 Å². The molecule has 1 rings (SSSR count). The third-order valence-corrected chi connectivity index (χ3v) is 5.45. The Morgan fingerprint density at radius 1 is 1.17 bits per heavy atom. The third kappa shape index (κ3) is 5.38. The number of carbonyl (C=O) groups excluding carboxylic acids is 1. The van der Waals surface area contributed by atoms with Crippen molar-refractivity contribution >= 4 is 3.98 Å². The first-order valence-electron chi connectivity index (χ1n) is 6.21. The summed E-state index contributed by atoms with van der Waals surface area (Å²) in [5.74, 6) is 0.409. The van der Waals surface area contributed by atoms with E-state index in [1.165, 1.54) is 5.56 Å². The molecule has 0 aliphatic rings. The normalized spacial score (nSPS) is 15.2. The first kappa shape index (κ1) is 15.5. The predicted octanol–water partition coefficient (Wildman–Crippen LogP) is 1.20. The molecule has 18 heavy (non-hydrogen) atoms. The Balaban J connectivity index is 2.55. The van der Waals surface area contributed by atoms with E-state index in [2.05, 4.69) is 26.0 Å². The van der Waals surface area contributed by atoms with E-state index in [0.29, 0.717) is 9.84 Å². The number of ether oxygens (including phenoxy) is 1. The Morgan fingerprint density at radius 3 is 2.22 bits per heavy atom. The van der Waals surface area contributed by atoms with E-state index >= 15 is 0 Å². The third-order valence-electron chi connectivity index (χ3n) is 2.66. The van der Waals surface area contributed by atoms with Crippen molar-refractivity contribution in [1.29, 1.82) is 0 Å². The zero-order valence-corrected chi connectivity index (χ0v) is 13.9. The quantitative estimate of drug-likeness (QED) is 0.458. The molecule has 0 aromatic heterocycles. The van der Waals surface area contributed by atoms with Crippen LogP contribution >= 0.6 is 0 Å². The number of hydrogen-bond acceptors (Lipinski definition) is 2. The van der Waals surface area contributed by atoms with Gasteiger partial charge in [0.2, 0.25) is 0 Å². The van der Waals surface area contributed by atoms with E-state index in [0.717, 1.165) is 0 Å². The van der Waals surface area contributed by atoms with Crippen LogP contribution in [0.15, 0.2) is 30.3 Å². The Kier molecular flexibility index (Phi) is 5.63. The van der Waals surface area contributed by atoms with Gasteiger partial charge in [0.25, 0.3) is 0 Å². The molecule has 0 fully saturated rings. The van der Waals surface area contributed by atoms with Gasteiger partial charge in [-0.15, -0.1) is 0 Å². The average Bonchev–Trinajstić information content (AvgIpc) is 2.26. The minimum atomic E-state index is -0.594. The van der Waals surface area contributed by atoms with Crippen LogP contribution in [-0.4, -0.2) is 13.5 Å². The average molecular weight is 361 g/mol. The molecule has 2 nitrogen and oxygen atoms in total. The van der Waals surface area contributed by atoms with Crippen LogP contribution in [0.1, 0.15) is 46.1 Å². The van der Waals surface area contributed by atoms with Crippen molar-refractivity contribution in [1.82, 2.24) is 0 Å². The number of hydrogen-bond donors (Lipinski definition) is 0. The second-order valence-electron chi connectivity index (χ2n) is 5.44. The maximum absolute atomic E-state index is 11.8. The van der Waals surface area contributed by atoms with Gasteiger partial charge in [-0.2, -0.15) is 0 Å². The van der Waals surface area contributed by atoms with Crippen LogP contribution in [0.2, 0.25) is 0 Å². The summed E-state index contributed by atoms with van der Waals surface area (Å²) < 4.78 is 5.79. The van der Waals surface area contributed by atoms with Gasteiger partial charge >= 0.3 is 121 Å². The molecule has 0 unspecified atom stereocenters. The van der Waals surface area contributed by atoms with Gasteiger partial charge in [-0.05, 0) is 0 Å². The molecule has 3 heteroatoms. The second-order valence-corrected chi connectivity index (χ2v) is 8.91. The summed E-state index contributed by atoms with van der Waals surface area (Å²) >= 11 is -0.594. The molecule has 102 valence electrons. The van der Waals surface area contributed by atoms with E-state index in [1.54, 1.807) is 0 Å². The van der Waals surface area contributed by atoms with Gasteiger partial charge < -0.3 is 0 Å². The summed E-state index contributed by atoms with van der Waals surface area (Å²) in [5.41, 5.74) is 0.931. The molecular formula is C15H22IO2-. The van der Waals surface area contributed by atoms with Crippen LogP contribution in [0.5, 0.6) is 0 Å². The van der Waals surface area contributed by atoms with E-state index in [4.69, 9.17) is 4.74 Å². The Bertz CT molecular complexity index is 381. The molecule has 0 saturated heterocycles. The van der Waals surface area contributed by atoms with Crippen LogP contribution in [-0.2, 0) is 4.74 Å². The van der Waals surface area contributed by atoms with Gasteiger partial charge in [-0.25, -0.2) is 0 Å². The van der Waals surface area contributed by atoms with E-state index in [-0.39, 0.29) is 9.58 Å². The molecule has 0 aliphatic heterocycles. The molecule has 0 aliphatic carbocycles. The Hall–Kier alpha value is -0.580. The minimum absolute atomic E-state index is 0.00317. The van der Waals surface area contributed by atoms with Gasteiger partial charge in [0, 0.05) is 0 Å². The van der Waals surface area contributed by atoms with Crippen LogP contribution in [0.3, 0.4) is 0 Å². The number of rotatable bonds is 4. The van der Waals surface area contributed by atoms with Gasteiger partial charge in [-0.1, -0.05) is 0 Å². The molecule has 0 amide bonds. The van der Waals surface area contributed by atoms with Crippen molar-refractivity contribution in [3.63, 3.8) is 0 Å². The molecular weight excluding hydrogens is 339 g/mol. The molecule has 0 heterocycles. The Morgan fingerprint density at radius 2 is 1.72 bits per heavy atom. The maximum atomic E-state index is 11.8. The van der Waals surface area contributed by atoms with Crippen molar-refractivity contribution in [2.75, 3.05) is 0 Å². The fourth-order valence-corrected chi connectivity index (χ4v) is 4.06. The van der Waals surface area contributed by atoms with Gasteiger partial charge in [0.15, 0.2) is 0 Å². The summed E-state index contributed by atoms with van der Waals surface area (Å²) in [5, 5.41) is 0. The zero-order chi connectivity index (χ0) is 13.8. The van der Waals surface area contributed by atoms with Crippen molar-refractivity contribution in [3.8, 4) is 0 Å². The monoisotopic (exact) mass is 361 g/mol. The Labute approximate surface area is 120 Å². The van der Waals surface area contributed by atoms with Crippen LogP contribution in [0, 0.1) is 0 Å². The van der Waals surface area contributed by atoms with E-state index in [1.807, 2.05) is 39.0 Å². The summed E-state index contributed by atoms with van der Waals surface area (Å²) in [6.07, 6.45) is 0. The molecule has 0 spiro atoms. The fraction of sp³-hybridized carbons (Fsp3) is 0.533. The van der Waals surface area contributed by atoms with Crippen molar-refractivity contribution in [3.05, 3.63) is 35.9 Å². The van der Waals surface area contributed by atoms with Gasteiger partial charge in [0.1, 0.15) is 0 Å².